The Morgan fingerprint density at radius 2 is 2.21 bits per heavy atom. The van der Waals surface area contributed by atoms with Gasteiger partial charge in [0.2, 0.25) is 0 Å². The highest BCUT2D eigenvalue weighted by atomic mass is 16.3. The molecule has 1 unspecified atom stereocenters. The smallest absolute Gasteiger partial charge is 0.0811 e. The van der Waals surface area contributed by atoms with Crippen LogP contribution in [0.25, 0.3) is 11.1 Å². The lowest BCUT2D eigenvalue weighted by Gasteiger charge is -2.15. The molecule has 0 amide bonds. The molecule has 5 nitrogen and oxygen atoms in total. The zero-order valence-corrected chi connectivity index (χ0v) is 10.9. The van der Waals surface area contributed by atoms with Gasteiger partial charge in [0.25, 0.3) is 0 Å². The summed E-state index contributed by atoms with van der Waals surface area (Å²) in [6.45, 7) is -0.251. The third-order valence-electron chi connectivity index (χ3n) is 3.10. The van der Waals surface area contributed by atoms with Crippen LogP contribution in [0.5, 0.6) is 0 Å². The number of anilines is 2. The van der Waals surface area contributed by atoms with E-state index in [9.17, 15) is 5.11 Å². The van der Waals surface area contributed by atoms with Crippen molar-refractivity contribution in [3.05, 3.63) is 36.2 Å². The van der Waals surface area contributed by atoms with Gasteiger partial charge in [0, 0.05) is 37.0 Å². The summed E-state index contributed by atoms with van der Waals surface area (Å²) in [4.78, 5) is 3.00. The Kier molecular flexibility index (Phi) is 4.09. The first-order valence-corrected chi connectivity index (χ1v) is 6.18. The van der Waals surface area contributed by atoms with Crippen molar-refractivity contribution in [1.29, 1.82) is 0 Å². The van der Waals surface area contributed by atoms with E-state index >= 15 is 0 Å². The molecule has 1 atom stereocenters. The second kappa shape index (κ2) is 5.77. The molecule has 0 saturated heterocycles. The Morgan fingerprint density at radius 1 is 1.42 bits per heavy atom. The average molecular weight is 261 g/mol. The highest BCUT2D eigenvalue weighted by molar-refractivity contribution is 5.86. The molecule has 0 radical (unpaired) electrons. The van der Waals surface area contributed by atoms with Crippen molar-refractivity contribution in [1.82, 2.24) is 4.98 Å². The number of aliphatic hydroxyl groups is 2. The van der Waals surface area contributed by atoms with Gasteiger partial charge in [-0.2, -0.15) is 0 Å². The van der Waals surface area contributed by atoms with E-state index < -0.39 is 6.10 Å². The fourth-order valence-electron chi connectivity index (χ4n) is 2.10. The topological polar surface area (TPSA) is 94.3 Å². The lowest BCUT2D eigenvalue weighted by atomic mass is 9.99. The van der Waals surface area contributed by atoms with Crippen LogP contribution in [0.3, 0.4) is 0 Å². The van der Waals surface area contributed by atoms with Crippen LogP contribution in [0.4, 0.5) is 11.4 Å². The monoisotopic (exact) mass is 261 g/mol. The molecule has 5 heteroatoms. The Morgan fingerprint density at radius 3 is 2.79 bits per heavy atom. The zero-order valence-electron chi connectivity index (χ0n) is 10.9. The molecular weight excluding hydrogens is 242 g/mol. The summed E-state index contributed by atoms with van der Waals surface area (Å²) in [7, 11) is 1.80. The second-order valence-electron chi connectivity index (χ2n) is 4.49. The van der Waals surface area contributed by atoms with Gasteiger partial charge in [-0.1, -0.05) is 0 Å². The van der Waals surface area contributed by atoms with E-state index in [1.54, 1.807) is 7.05 Å². The molecule has 0 bridgehead atoms. The molecule has 1 aromatic heterocycles. The van der Waals surface area contributed by atoms with Crippen LogP contribution in [0, 0.1) is 0 Å². The van der Waals surface area contributed by atoms with Crippen LogP contribution in [0.1, 0.15) is 5.56 Å². The van der Waals surface area contributed by atoms with Crippen molar-refractivity contribution in [3.63, 3.8) is 0 Å². The lowest BCUT2D eigenvalue weighted by Crippen LogP contribution is -2.15. The Hall–Kier alpha value is -1.98. The minimum Gasteiger partial charge on any atom is -0.397 e. The molecule has 19 heavy (non-hydrogen) atoms. The molecule has 0 saturated carbocycles. The first-order valence-electron chi connectivity index (χ1n) is 6.18. The van der Waals surface area contributed by atoms with Crippen LogP contribution in [-0.4, -0.2) is 35.0 Å². The Labute approximate surface area is 112 Å². The predicted octanol–water partition coefficient (Wildman–Crippen LogP) is 1.20. The SMILES string of the molecule is CNc1cc(CC(O)CO)cc(-c2cc[nH]c2)c1N. The van der Waals surface area contributed by atoms with E-state index in [0.717, 1.165) is 22.4 Å². The number of rotatable bonds is 5. The molecule has 0 aliphatic rings. The first kappa shape index (κ1) is 13.5. The fourth-order valence-corrected chi connectivity index (χ4v) is 2.10. The van der Waals surface area contributed by atoms with Crippen LogP contribution in [0.15, 0.2) is 30.6 Å². The highest BCUT2D eigenvalue weighted by Gasteiger charge is 2.12. The molecule has 0 spiro atoms. The molecule has 1 aromatic carbocycles. The molecule has 2 aromatic rings. The number of aliphatic hydroxyl groups excluding tert-OH is 2. The predicted molar refractivity (Wildman–Crippen MR) is 77.0 cm³/mol. The summed E-state index contributed by atoms with van der Waals surface area (Å²) >= 11 is 0. The van der Waals surface area contributed by atoms with Crippen molar-refractivity contribution in [2.45, 2.75) is 12.5 Å². The largest absolute Gasteiger partial charge is 0.397 e. The molecule has 0 fully saturated rings. The van der Waals surface area contributed by atoms with Crippen LogP contribution in [-0.2, 0) is 6.42 Å². The number of benzene rings is 1. The van der Waals surface area contributed by atoms with E-state index in [-0.39, 0.29) is 6.61 Å². The van der Waals surface area contributed by atoms with Gasteiger partial charge in [0.1, 0.15) is 0 Å². The molecular formula is C14H19N3O2. The first-order chi connectivity index (χ1) is 9.15. The normalized spacial score (nSPS) is 12.4. The number of hydrogen-bond donors (Lipinski definition) is 5. The van der Waals surface area contributed by atoms with E-state index in [0.29, 0.717) is 12.1 Å². The second-order valence-corrected chi connectivity index (χ2v) is 4.49. The van der Waals surface area contributed by atoms with E-state index in [1.165, 1.54) is 0 Å². The zero-order chi connectivity index (χ0) is 13.8. The number of nitrogen functional groups attached to an aromatic ring is 1. The minimum atomic E-state index is -0.757. The molecule has 6 N–H and O–H groups in total. The standard InChI is InChI=1S/C14H19N3O2/c1-16-13-6-9(4-11(19)8-18)5-12(14(13)15)10-2-3-17-7-10/h2-3,5-7,11,16-19H,4,8,15H2,1H3. The molecule has 0 aliphatic heterocycles. The molecule has 102 valence electrons. The third kappa shape index (κ3) is 2.89. The fraction of sp³-hybridized carbons (Fsp3) is 0.286. The van der Waals surface area contributed by atoms with Gasteiger partial charge in [0.15, 0.2) is 0 Å². The summed E-state index contributed by atoms with van der Waals surface area (Å²) in [6, 6.07) is 5.78. The molecule has 0 aliphatic carbocycles. The molecule has 2 rings (SSSR count). The van der Waals surface area contributed by atoms with Gasteiger partial charge in [-0.15, -0.1) is 0 Å². The van der Waals surface area contributed by atoms with Gasteiger partial charge < -0.3 is 26.2 Å². The maximum absolute atomic E-state index is 9.56. The number of nitrogens with one attached hydrogen (secondary N) is 2. The number of nitrogens with two attached hydrogens (primary N) is 1. The van der Waals surface area contributed by atoms with E-state index in [4.69, 9.17) is 10.8 Å². The number of hydrogen-bond acceptors (Lipinski definition) is 4. The van der Waals surface area contributed by atoms with Gasteiger partial charge in [0.05, 0.1) is 24.1 Å². The van der Waals surface area contributed by atoms with E-state index in [2.05, 4.69) is 10.3 Å². The minimum absolute atomic E-state index is 0.251. The summed E-state index contributed by atoms with van der Waals surface area (Å²) in [5, 5.41) is 21.5. The summed E-state index contributed by atoms with van der Waals surface area (Å²) in [5.41, 5.74) is 10.5. The van der Waals surface area contributed by atoms with Crippen molar-refractivity contribution in [2.75, 3.05) is 24.7 Å². The third-order valence-corrected chi connectivity index (χ3v) is 3.10. The lowest BCUT2D eigenvalue weighted by molar-refractivity contribution is 0.0955. The molecule has 1 heterocycles. The van der Waals surface area contributed by atoms with Gasteiger partial charge in [-0.05, 0) is 23.8 Å². The van der Waals surface area contributed by atoms with Crippen LogP contribution in [0.2, 0.25) is 0 Å². The van der Waals surface area contributed by atoms with Crippen molar-refractivity contribution in [3.8, 4) is 11.1 Å². The number of aromatic amines is 1. The average Bonchev–Trinajstić information content (AvgIpc) is 2.94. The van der Waals surface area contributed by atoms with Crippen molar-refractivity contribution < 1.29 is 10.2 Å². The van der Waals surface area contributed by atoms with Crippen LogP contribution >= 0.6 is 0 Å². The summed E-state index contributed by atoms with van der Waals surface area (Å²) in [5.74, 6) is 0. The quantitative estimate of drug-likeness (QED) is 0.523. The summed E-state index contributed by atoms with van der Waals surface area (Å²) < 4.78 is 0. The van der Waals surface area contributed by atoms with Gasteiger partial charge >= 0.3 is 0 Å². The van der Waals surface area contributed by atoms with Crippen molar-refractivity contribution >= 4 is 11.4 Å². The summed E-state index contributed by atoms with van der Waals surface area (Å²) in [6.07, 6.45) is 3.34. The van der Waals surface area contributed by atoms with E-state index in [1.807, 2.05) is 30.6 Å². The maximum Gasteiger partial charge on any atom is 0.0811 e. The van der Waals surface area contributed by atoms with Crippen molar-refractivity contribution in [2.24, 2.45) is 0 Å². The maximum atomic E-state index is 9.56. The number of aromatic nitrogens is 1. The number of H-pyrrole nitrogens is 1. The van der Waals surface area contributed by atoms with Gasteiger partial charge in [-0.25, -0.2) is 0 Å². The van der Waals surface area contributed by atoms with Crippen LogP contribution < -0.4 is 11.1 Å². The highest BCUT2D eigenvalue weighted by Crippen LogP contribution is 2.33. The Bertz CT molecular complexity index is 538. The Balaban J connectivity index is 2.44. The van der Waals surface area contributed by atoms with Gasteiger partial charge in [-0.3, -0.25) is 0 Å².